The molecule has 0 aliphatic heterocycles. The predicted molar refractivity (Wildman–Crippen MR) is 97.7 cm³/mol. The standard InChI is InChI=1S/C20H26F3NO4/c1-13(25)14-8-9-17(18(11-14)27-2)28-10-4-7-19(26)24-16-6-3-5-15(12-16)20(21,22)23/h8-9,11,15-16H,3-7,10,12H2,1-2H3,(H,24,26)/t15-,16-/m1/s1. The summed E-state index contributed by atoms with van der Waals surface area (Å²) < 4.78 is 49.3. The number of carbonyl (C=O) groups excluding carboxylic acids is 2. The Labute approximate surface area is 162 Å². The highest BCUT2D eigenvalue weighted by molar-refractivity contribution is 5.94. The highest BCUT2D eigenvalue weighted by atomic mass is 19.4. The van der Waals surface area contributed by atoms with Gasteiger partial charge >= 0.3 is 6.18 Å². The Morgan fingerprint density at radius 2 is 1.96 bits per heavy atom. The number of nitrogens with one attached hydrogen (secondary N) is 1. The van der Waals surface area contributed by atoms with Crippen molar-refractivity contribution in [2.45, 2.75) is 57.7 Å². The summed E-state index contributed by atoms with van der Waals surface area (Å²) in [4.78, 5) is 23.4. The van der Waals surface area contributed by atoms with Crippen molar-refractivity contribution in [3.8, 4) is 11.5 Å². The smallest absolute Gasteiger partial charge is 0.391 e. The van der Waals surface area contributed by atoms with Gasteiger partial charge in [0.25, 0.3) is 0 Å². The zero-order valence-corrected chi connectivity index (χ0v) is 16.1. The lowest BCUT2D eigenvalue weighted by molar-refractivity contribution is -0.184. The maximum atomic E-state index is 12.8. The van der Waals surface area contributed by atoms with Gasteiger partial charge in [-0.15, -0.1) is 0 Å². The molecule has 0 heterocycles. The van der Waals surface area contributed by atoms with Crippen LogP contribution in [0.3, 0.4) is 0 Å². The summed E-state index contributed by atoms with van der Waals surface area (Å²) >= 11 is 0. The molecule has 28 heavy (non-hydrogen) atoms. The Bertz CT molecular complexity index is 691. The Balaban J connectivity index is 1.75. The average molecular weight is 401 g/mol. The fourth-order valence-electron chi connectivity index (χ4n) is 3.34. The van der Waals surface area contributed by atoms with E-state index in [9.17, 15) is 22.8 Å². The van der Waals surface area contributed by atoms with E-state index in [4.69, 9.17) is 9.47 Å². The Hall–Kier alpha value is -2.25. The second-order valence-electron chi connectivity index (χ2n) is 7.04. The van der Waals surface area contributed by atoms with Gasteiger partial charge < -0.3 is 14.8 Å². The molecular formula is C20H26F3NO4. The van der Waals surface area contributed by atoms with Crippen molar-refractivity contribution in [2.75, 3.05) is 13.7 Å². The zero-order valence-electron chi connectivity index (χ0n) is 16.1. The average Bonchev–Trinajstić information content (AvgIpc) is 2.64. The minimum absolute atomic E-state index is 0.0502. The zero-order chi connectivity index (χ0) is 20.7. The number of carbonyl (C=O) groups is 2. The monoisotopic (exact) mass is 401 g/mol. The molecule has 1 amide bonds. The van der Waals surface area contributed by atoms with Gasteiger partial charge in [-0.05, 0) is 50.8 Å². The van der Waals surface area contributed by atoms with Gasteiger partial charge in [-0.3, -0.25) is 9.59 Å². The van der Waals surface area contributed by atoms with E-state index < -0.39 is 18.1 Å². The predicted octanol–water partition coefficient (Wildman–Crippen LogP) is 4.29. The fourth-order valence-corrected chi connectivity index (χ4v) is 3.34. The minimum atomic E-state index is -4.20. The summed E-state index contributed by atoms with van der Waals surface area (Å²) in [6.07, 6.45) is -2.49. The minimum Gasteiger partial charge on any atom is -0.493 e. The van der Waals surface area contributed by atoms with Gasteiger partial charge in [0.2, 0.25) is 5.91 Å². The van der Waals surface area contributed by atoms with Crippen LogP contribution in [0.4, 0.5) is 13.2 Å². The van der Waals surface area contributed by atoms with Crippen molar-refractivity contribution >= 4 is 11.7 Å². The number of amides is 1. The van der Waals surface area contributed by atoms with E-state index in [0.717, 1.165) is 0 Å². The van der Waals surface area contributed by atoms with E-state index in [1.807, 2.05) is 0 Å². The molecule has 8 heteroatoms. The van der Waals surface area contributed by atoms with Crippen LogP contribution in [0.15, 0.2) is 18.2 Å². The van der Waals surface area contributed by atoms with Crippen LogP contribution >= 0.6 is 0 Å². The highest BCUT2D eigenvalue weighted by Gasteiger charge is 2.42. The molecule has 0 spiro atoms. The first-order chi connectivity index (χ1) is 13.2. The van der Waals surface area contributed by atoms with Gasteiger partial charge in [-0.25, -0.2) is 0 Å². The van der Waals surface area contributed by atoms with E-state index in [-0.39, 0.29) is 37.6 Å². The molecule has 0 bridgehead atoms. The van der Waals surface area contributed by atoms with Crippen molar-refractivity contribution in [3.63, 3.8) is 0 Å². The normalized spacial score (nSPS) is 19.8. The molecule has 0 radical (unpaired) electrons. The lowest BCUT2D eigenvalue weighted by Gasteiger charge is -2.31. The maximum Gasteiger partial charge on any atom is 0.391 e. The third-order valence-corrected chi connectivity index (χ3v) is 4.88. The van der Waals surface area contributed by atoms with Crippen LogP contribution in [0.25, 0.3) is 0 Å². The maximum absolute atomic E-state index is 12.8. The molecule has 1 aliphatic rings. The number of hydrogen-bond acceptors (Lipinski definition) is 4. The number of halogens is 3. The van der Waals surface area contributed by atoms with Gasteiger partial charge in [0, 0.05) is 18.0 Å². The lowest BCUT2D eigenvalue weighted by atomic mass is 9.85. The van der Waals surface area contributed by atoms with E-state index in [1.54, 1.807) is 18.2 Å². The largest absolute Gasteiger partial charge is 0.493 e. The number of rotatable bonds is 8. The van der Waals surface area contributed by atoms with Crippen molar-refractivity contribution < 1.29 is 32.2 Å². The molecule has 1 aromatic rings. The molecule has 1 fully saturated rings. The number of ketones is 1. The van der Waals surface area contributed by atoms with Gasteiger partial charge in [-0.1, -0.05) is 6.42 Å². The lowest BCUT2D eigenvalue weighted by Crippen LogP contribution is -2.41. The fraction of sp³-hybridized carbons (Fsp3) is 0.600. The molecule has 156 valence electrons. The Morgan fingerprint density at radius 3 is 2.61 bits per heavy atom. The molecule has 5 nitrogen and oxygen atoms in total. The van der Waals surface area contributed by atoms with Crippen molar-refractivity contribution in [1.29, 1.82) is 0 Å². The molecule has 0 saturated heterocycles. The van der Waals surface area contributed by atoms with Crippen LogP contribution < -0.4 is 14.8 Å². The number of Topliss-reactive ketones (excluding diaryl/α,β-unsaturated/α-hetero) is 1. The number of benzene rings is 1. The van der Waals surface area contributed by atoms with E-state index in [2.05, 4.69) is 5.32 Å². The van der Waals surface area contributed by atoms with Gasteiger partial charge in [0.15, 0.2) is 17.3 Å². The van der Waals surface area contributed by atoms with Gasteiger partial charge in [-0.2, -0.15) is 13.2 Å². The molecule has 2 rings (SSSR count). The summed E-state index contributed by atoms with van der Waals surface area (Å²) in [5.41, 5.74) is 0.508. The first kappa shape index (κ1) is 22.0. The van der Waals surface area contributed by atoms with E-state index >= 15 is 0 Å². The first-order valence-corrected chi connectivity index (χ1v) is 9.38. The van der Waals surface area contributed by atoms with Crippen molar-refractivity contribution in [1.82, 2.24) is 5.32 Å². The third kappa shape index (κ3) is 6.42. The topological polar surface area (TPSA) is 64.6 Å². The summed E-state index contributed by atoms with van der Waals surface area (Å²) in [5.74, 6) is -0.793. The molecule has 1 saturated carbocycles. The van der Waals surface area contributed by atoms with E-state index in [0.29, 0.717) is 36.3 Å². The van der Waals surface area contributed by atoms with Crippen LogP contribution in [0.2, 0.25) is 0 Å². The second kappa shape index (κ2) is 9.80. The summed E-state index contributed by atoms with van der Waals surface area (Å²) in [6.45, 7) is 1.70. The Morgan fingerprint density at radius 1 is 1.21 bits per heavy atom. The molecule has 2 atom stereocenters. The molecular weight excluding hydrogens is 375 g/mol. The van der Waals surface area contributed by atoms with E-state index in [1.165, 1.54) is 14.0 Å². The molecule has 0 aromatic heterocycles. The Kier molecular flexibility index (Phi) is 7.71. The molecule has 0 unspecified atom stereocenters. The summed E-state index contributed by atoms with van der Waals surface area (Å²) in [6, 6.07) is 4.43. The van der Waals surface area contributed by atoms with Gasteiger partial charge in [0.05, 0.1) is 19.6 Å². The van der Waals surface area contributed by atoms with Crippen LogP contribution in [0, 0.1) is 5.92 Å². The van der Waals surface area contributed by atoms with Crippen LogP contribution in [-0.4, -0.2) is 37.6 Å². The van der Waals surface area contributed by atoms with Crippen LogP contribution in [-0.2, 0) is 4.79 Å². The van der Waals surface area contributed by atoms with Crippen LogP contribution in [0.5, 0.6) is 11.5 Å². The first-order valence-electron chi connectivity index (χ1n) is 9.38. The number of ether oxygens (including phenoxy) is 2. The summed E-state index contributed by atoms with van der Waals surface area (Å²) in [7, 11) is 1.47. The SMILES string of the molecule is COc1cc(C(C)=O)ccc1OCCCC(=O)N[C@@H]1CCC[C@@H](C(F)(F)F)C1. The number of methoxy groups -OCH3 is 1. The quantitative estimate of drug-likeness (QED) is 0.521. The number of alkyl halides is 3. The highest BCUT2D eigenvalue weighted by Crippen LogP contribution is 2.37. The molecule has 1 aliphatic carbocycles. The van der Waals surface area contributed by atoms with Crippen molar-refractivity contribution in [3.05, 3.63) is 23.8 Å². The number of hydrogen-bond donors (Lipinski definition) is 1. The molecule has 1 N–H and O–H groups in total. The summed E-state index contributed by atoms with van der Waals surface area (Å²) in [5, 5.41) is 2.71. The van der Waals surface area contributed by atoms with Crippen LogP contribution in [0.1, 0.15) is 55.8 Å². The van der Waals surface area contributed by atoms with Gasteiger partial charge in [0.1, 0.15) is 0 Å². The van der Waals surface area contributed by atoms with Crippen molar-refractivity contribution in [2.24, 2.45) is 5.92 Å². The second-order valence-corrected chi connectivity index (χ2v) is 7.04. The molecule has 1 aromatic carbocycles. The third-order valence-electron chi connectivity index (χ3n) is 4.88.